The van der Waals surface area contributed by atoms with Crippen LogP contribution in [0, 0.1) is 6.92 Å². The molecule has 4 rings (SSSR count). The van der Waals surface area contributed by atoms with Gasteiger partial charge < -0.3 is 10.3 Å². The van der Waals surface area contributed by atoms with Crippen LogP contribution in [-0.4, -0.2) is 14.5 Å². The van der Waals surface area contributed by atoms with Crippen LogP contribution in [0.1, 0.15) is 30.0 Å². The highest BCUT2D eigenvalue weighted by Crippen LogP contribution is 2.41. The summed E-state index contributed by atoms with van der Waals surface area (Å²) in [7, 11) is 0. The Morgan fingerprint density at radius 3 is 2.76 bits per heavy atom. The van der Waals surface area contributed by atoms with Crippen molar-refractivity contribution in [2.45, 2.75) is 32.4 Å². The second-order valence-electron chi connectivity index (χ2n) is 5.78. The van der Waals surface area contributed by atoms with Crippen molar-refractivity contribution in [3.63, 3.8) is 0 Å². The lowest BCUT2D eigenvalue weighted by atomic mass is 10.2. The molecule has 2 aromatic heterocycles. The molecule has 0 aliphatic heterocycles. The number of rotatable bonds is 3. The minimum atomic E-state index is 0.519. The summed E-state index contributed by atoms with van der Waals surface area (Å²) in [5, 5.41) is 0. The van der Waals surface area contributed by atoms with E-state index in [0.717, 1.165) is 22.6 Å². The van der Waals surface area contributed by atoms with Crippen molar-refractivity contribution in [1.29, 1.82) is 0 Å². The van der Waals surface area contributed by atoms with Crippen LogP contribution in [0.25, 0.3) is 22.6 Å². The Kier molecular flexibility index (Phi) is 2.79. The zero-order chi connectivity index (χ0) is 14.4. The monoisotopic (exact) mass is 278 g/mol. The van der Waals surface area contributed by atoms with E-state index in [2.05, 4.69) is 34.7 Å². The Morgan fingerprint density at radius 1 is 1.24 bits per heavy atom. The summed E-state index contributed by atoms with van der Waals surface area (Å²) in [5.41, 5.74) is 11.1. The van der Waals surface area contributed by atoms with E-state index in [0.29, 0.717) is 12.6 Å². The zero-order valence-electron chi connectivity index (χ0n) is 12.1. The highest BCUT2D eigenvalue weighted by atomic mass is 15.1. The number of nitrogens with zero attached hydrogens (tertiary/aromatic N) is 3. The third kappa shape index (κ3) is 2.12. The standard InChI is InChI=1S/C17H18N4/c1-11-2-7-16-15(8-11)20-17(21(16)13-4-5-13)14-6-3-12(9-18)10-19-14/h2-3,6-8,10,13H,4-5,9,18H2,1H3. The first kappa shape index (κ1) is 12.5. The van der Waals surface area contributed by atoms with Crippen molar-refractivity contribution in [1.82, 2.24) is 14.5 Å². The minimum Gasteiger partial charge on any atom is -0.326 e. The Balaban J connectivity index is 1.91. The fourth-order valence-corrected chi connectivity index (χ4v) is 2.77. The fourth-order valence-electron chi connectivity index (χ4n) is 2.77. The molecule has 21 heavy (non-hydrogen) atoms. The number of hydrogen-bond donors (Lipinski definition) is 1. The molecule has 1 aliphatic carbocycles. The first-order valence-corrected chi connectivity index (χ1v) is 7.40. The zero-order valence-corrected chi connectivity index (χ0v) is 12.1. The van der Waals surface area contributed by atoms with Crippen LogP contribution in [0.5, 0.6) is 0 Å². The summed E-state index contributed by atoms with van der Waals surface area (Å²) in [6, 6.07) is 11.1. The SMILES string of the molecule is Cc1ccc2c(c1)nc(-c1ccc(CN)cn1)n2C1CC1. The van der Waals surface area contributed by atoms with E-state index in [4.69, 9.17) is 10.7 Å². The molecule has 0 spiro atoms. The van der Waals surface area contributed by atoms with E-state index in [1.165, 1.54) is 23.9 Å². The van der Waals surface area contributed by atoms with Gasteiger partial charge in [-0.15, -0.1) is 0 Å². The van der Waals surface area contributed by atoms with E-state index in [9.17, 15) is 0 Å². The van der Waals surface area contributed by atoms with Crippen molar-refractivity contribution in [3.8, 4) is 11.5 Å². The average Bonchev–Trinajstić information content (AvgIpc) is 3.28. The van der Waals surface area contributed by atoms with Gasteiger partial charge in [-0.2, -0.15) is 0 Å². The molecular weight excluding hydrogens is 260 g/mol. The van der Waals surface area contributed by atoms with Crippen LogP contribution in [0.15, 0.2) is 36.5 Å². The number of benzene rings is 1. The number of fused-ring (bicyclic) bond motifs is 1. The third-order valence-electron chi connectivity index (χ3n) is 4.05. The van der Waals surface area contributed by atoms with Gasteiger partial charge in [0.15, 0.2) is 5.82 Å². The molecule has 0 amide bonds. The smallest absolute Gasteiger partial charge is 0.160 e. The molecule has 3 aromatic rings. The summed E-state index contributed by atoms with van der Waals surface area (Å²) in [6.45, 7) is 2.62. The summed E-state index contributed by atoms with van der Waals surface area (Å²) in [4.78, 5) is 9.37. The van der Waals surface area contributed by atoms with E-state index < -0.39 is 0 Å². The summed E-state index contributed by atoms with van der Waals surface area (Å²) < 4.78 is 2.35. The van der Waals surface area contributed by atoms with Crippen LogP contribution in [0.4, 0.5) is 0 Å². The van der Waals surface area contributed by atoms with Gasteiger partial charge in [-0.25, -0.2) is 4.98 Å². The fraction of sp³-hybridized carbons (Fsp3) is 0.294. The van der Waals surface area contributed by atoms with Gasteiger partial charge in [-0.1, -0.05) is 12.1 Å². The van der Waals surface area contributed by atoms with E-state index >= 15 is 0 Å². The molecule has 1 aromatic carbocycles. The Bertz CT molecular complexity index is 798. The normalized spacial score (nSPS) is 14.8. The molecule has 0 saturated heterocycles. The molecule has 0 unspecified atom stereocenters. The minimum absolute atomic E-state index is 0.519. The lowest BCUT2D eigenvalue weighted by molar-refractivity contribution is 0.772. The largest absolute Gasteiger partial charge is 0.326 e. The third-order valence-corrected chi connectivity index (χ3v) is 4.05. The van der Waals surface area contributed by atoms with Gasteiger partial charge >= 0.3 is 0 Å². The molecule has 4 nitrogen and oxygen atoms in total. The second kappa shape index (κ2) is 4.67. The molecule has 0 radical (unpaired) electrons. The molecule has 0 bridgehead atoms. The molecule has 1 fully saturated rings. The summed E-state index contributed by atoms with van der Waals surface area (Å²) in [6.07, 6.45) is 4.30. The Hall–Kier alpha value is -2.20. The van der Waals surface area contributed by atoms with Gasteiger partial charge in [0.05, 0.1) is 11.0 Å². The van der Waals surface area contributed by atoms with Gasteiger partial charge in [0.25, 0.3) is 0 Å². The number of nitrogens with two attached hydrogens (primary N) is 1. The molecule has 0 atom stereocenters. The highest BCUT2D eigenvalue weighted by molar-refractivity contribution is 5.81. The maximum absolute atomic E-state index is 5.64. The maximum Gasteiger partial charge on any atom is 0.160 e. The van der Waals surface area contributed by atoms with Crippen molar-refractivity contribution >= 4 is 11.0 Å². The maximum atomic E-state index is 5.64. The molecule has 2 heterocycles. The predicted molar refractivity (Wildman–Crippen MR) is 83.9 cm³/mol. The first-order chi connectivity index (χ1) is 10.3. The van der Waals surface area contributed by atoms with Crippen molar-refractivity contribution < 1.29 is 0 Å². The number of aryl methyl sites for hydroxylation is 1. The van der Waals surface area contributed by atoms with Gasteiger partial charge in [0, 0.05) is 18.8 Å². The molecule has 1 saturated carbocycles. The van der Waals surface area contributed by atoms with E-state index in [1.807, 2.05) is 18.3 Å². The number of hydrogen-bond acceptors (Lipinski definition) is 3. The molecular formula is C17H18N4. The molecule has 4 heteroatoms. The molecule has 2 N–H and O–H groups in total. The average molecular weight is 278 g/mol. The lowest BCUT2D eigenvalue weighted by Gasteiger charge is -2.07. The predicted octanol–water partition coefficient (Wildman–Crippen LogP) is 3.20. The summed E-state index contributed by atoms with van der Waals surface area (Å²) >= 11 is 0. The Morgan fingerprint density at radius 2 is 2.10 bits per heavy atom. The lowest BCUT2D eigenvalue weighted by Crippen LogP contribution is -2.01. The first-order valence-electron chi connectivity index (χ1n) is 7.40. The highest BCUT2D eigenvalue weighted by Gasteiger charge is 2.29. The number of imidazole rings is 1. The van der Waals surface area contributed by atoms with Gasteiger partial charge in [-0.05, 0) is 49.1 Å². The number of pyridine rings is 1. The van der Waals surface area contributed by atoms with E-state index in [-0.39, 0.29) is 0 Å². The molecule has 1 aliphatic rings. The second-order valence-corrected chi connectivity index (χ2v) is 5.78. The van der Waals surface area contributed by atoms with Crippen LogP contribution in [-0.2, 0) is 6.54 Å². The summed E-state index contributed by atoms with van der Waals surface area (Å²) in [5.74, 6) is 0.974. The van der Waals surface area contributed by atoms with Crippen LogP contribution >= 0.6 is 0 Å². The van der Waals surface area contributed by atoms with Crippen LogP contribution < -0.4 is 5.73 Å². The van der Waals surface area contributed by atoms with Crippen LogP contribution in [0.3, 0.4) is 0 Å². The van der Waals surface area contributed by atoms with Crippen molar-refractivity contribution in [2.24, 2.45) is 5.73 Å². The van der Waals surface area contributed by atoms with Gasteiger partial charge in [-0.3, -0.25) is 4.98 Å². The number of aromatic nitrogens is 3. The van der Waals surface area contributed by atoms with Crippen LogP contribution in [0.2, 0.25) is 0 Å². The Labute approximate surface area is 123 Å². The quantitative estimate of drug-likeness (QED) is 0.800. The molecule has 106 valence electrons. The van der Waals surface area contributed by atoms with Crippen molar-refractivity contribution in [3.05, 3.63) is 47.7 Å². The van der Waals surface area contributed by atoms with E-state index in [1.54, 1.807) is 0 Å². The van der Waals surface area contributed by atoms with Crippen molar-refractivity contribution in [2.75, 3.05) is 0 Å². The van der Waals surface area contributed by atoms with Gasteiger partial charge in [0.2, 0.25) is 0 Å². The van der Waals surface area contributed by atoms with Gasteiger partial charge in [0.1, 0.15) is 5.69 Å². The topological polar surface area (TPSA) is 56.7 Å².